The summed E-state index contributed by atoms with van der Waals surface area (Å²) in [5.41, 5.74) is 10.4. The summed E-state index contributed by atoms with van der Waals surface area (Å²) in [5, 5.41) is 2.75. The zero-order valence-electron chi connectivity index (χ0n) is 18.2. The van der Waals surface area contributed by atoms with Crippen LogP contribution in [0.1, 0.15) is 22.6 Å². The first kappa shape index (κ1) is 21.6. The number of fused-ring (bicyclic) bond motifs is 1. The summed E-state index contributed by atoms with van der Waals surface area (Å²) in [5.74, 6) is 0.447. The zero-order chi connectivity index (χ0) is 22.6. The lowest BCUT2D eigenvalue weighted by atomic mass is 9.99. The van der Waals surface area contributed by atoms with Gasteiger partial charge in [-0.1, -0.05) is 60.1 Å². The number of pyridine rings is 1. The van der Waals surface area contributed by atoms with Crippen LogP contribution in [0, 0.1) is 0 Å². The van der Waals surface area contributed by atoms with Crippen molar-refractivity contribution in [1.82, 2.24) is 15.8 Å². The molecular weight excluding hydrogens is 432 g/mol. The Bertz CT molecular complexity index is 1260. The Labute approximate surface area is 198 Å². The third kappa shape index (κ3) is 4.91. The molecule has 5 rings (SSSR count). The summed E-state index contributed by atoms with van der Waals surface area (Å²) >= 11 is 6.22. The number of carbonyl (C=O) groups is 1. The van der Waals surface area contributed by atoms with Crippen molar-refractivity contribution in [1.29, 1.82) is 0 Å². The number of carbonyl (C=O) groups excluding carboxylic acids is 1. The Morgan fingerprint density at radius 1 is 0.970 bits per heavy atom. The average molecular weight is 457 g/mol. The van der Waals surface area contributed by atoms with Crippen molar-refractivity contribution in [2.45, 2.75) is 18.9 Å². The molecule has 4 aromatic rings. The van der Waals surface area contributed by atoms with Crippen LogP contribution in [0.5, 0.6) is 0 Å². The Balaban J connectivity index is 1.45. The van der Waals surface area contributed by atoms with Gasteiger partial charge in [0.05, 0.1) is 13.0 Å². The molecule has 166 valence electrons. The van der Waals surface area contributed by atoms with E-state index in [9.17, 15) is 4.79 Å². The minimum absolute atomic E-state index is 0.0186. The molecule has 0 atom stereocenters. The number of hydrazine groups is 1. The second-order valence-electron chi connectivity index (χ2n) is 8.36. The minimum atomic E-state index is 0.0186. The number of hydrogen-bond donors (Lipinski definition) is 2. The van der Waals surface area contributed by atoms with Gasteiger partial charge in [0.1, 0.15) is 0 Å². The largest absolute Gasteiger partial charge is 0.308 e. The summed E-state index contributed by atoms with van der Waals surface area (Å²) < 4.78 is 0. The number of rotatable bonds is 6. The van der Waals surface area contributed by atoms with Gasteiger partial charge < -0.3 is 4.90 Å². The summed E-state index contributed by atoms with van der Waals surface area (Å²) in [4.78, 5) is 19.8. The maximum absolute atomic E-state index is 13.6. The van der Waals surface area contributed by atoms with E-state index in [2.05, 4.69) is 28.0 Å². The predicted molar refractivity (Wildman–Crippen MR) is 133 cm³/mol. The van der Waals surface area contributed by atoms with Gasteiger partial charge in [-0.25, -0.2) is 0 Å². The second-order valence-corrected chi connectivity index (χ2v) is 8.79. The highest BCUT2D eigenvalue weighted by atomic mass is 35.5. The number of amides is 1. The fourth-order valence-corrected chi connectivity index (χ4v) is 4.56. The van der Waals surface area contributed by atoms with Crippen molar-refractivity contribution in [3.05, 3.63) is 107 Å². The first-order valence-electron chi connectivity index (χ1n) is 11.1. The average Bonchev–Trinajstić information content (AvgIpc) is 3.38. The van der Waals surface area contributed by atoms with Crippen LogP contribution in [-0.4, -0.2) is 24.0 Å². The number of anilines is 1. The molecule has 0 radical (unpaired) electrons. The molecule has 1 aromatic heterocycles. The SMILES string of the molecule is O=C(Cc1cncc2ccccc12)N(Cc1cccc(Cl)c1)c1ccc(C2CNNC2)cc1. The highest BCUT2D eigenvalue weighted by molar-refractivity contribution is 6.30. The van der Waals surface area contributed by atoms with Crippen molar-refractivity contribution >= 4 is 34.0 Å². The molecule has 0 spiro atoms. The van der Waals surface area contributed by atoms with E-state index >= 15 is 0 Å². The van der Waals surface area contributed by atoms with Crippen LogP contribution in [0.3, 0.4) is 0 Å². The first-order chi connectivity index (χ1) is 16.2. The van der Waals surface area contributed by atoms with Crippen molar-refractivity contribution < 1.29 is 4.79 Å². The summed E-state index contributed by atoms with van der Waals surface area (Å²) in [6.45, 7) is 2.25. The summed E-state index contributed by atoms with van der Waals surface area (Å²) in [7, 11) is 0. The summed E-state index contributed by atoms with van der Waals surface area (Å²) in [6, 6.07) is 24.0. The first-order valence-corrected chi connectivity index (χ1v) is 11.5. The van der Waals surface area contributed by atoms with Crippen molar-refractivity contribution in [3.8, 4) is 0 Å². The lowest BCUT2D eigenvalue weighted by molar-refractivity contribution is -0.118. The number of hydrogen-bond acceptors (Lipinski definition) is 4. The van der Waals surface area contributed by atoms with Crippen molar-refractivity contribution in [2.24, 2.45) is 0 Å². The van der Waals surface area contributed by atoms with Crippen LogP contribution < -0.4 is 15.8 Å². The zero-order valence-corrected chi connectivity index (χ0v) is 18.9. The lowest BCUT2D eigenvalue weighted by Gasteiger charge is -2.24. The molecule has 1 aliphatic heterocycles. The standard InChI is InChI=1S/C27H25ClN4O/c28-24-6-3-4-19(12-24)18-32(25-10-8-20(9-11-25)23-16-30-31-17-23)27(33)13-22-15-29-14-21-5-1-2-7-26(21)22/h1-12,14-15,23,30-31H,13,16-18H2. The smallest absolute Gasteiger partial charge is 0.231 e. The van der Waals surface area contributed by atoms with E-state index in [1.165, 1.54) is 5.56 Å². The van der Waals surface area contributed by atoms with Crippen molar-refractivity contribution in [3.63, 3.8) is 0 Å². The van der Waals surface area contributed by atoms with Crippen molar-refractivity contribution in [2.75, 3.05) is 18.0 Å². The number of halogens is 1. The van der Waals surface area contributed by atoms with Crippen LogP contribution in [0.25, 0.3) is 10.8 Å². The fraction of sp³-hybridized carbons (Fsp3) is 0.185. The van der Waals surface area contributed by atoms with E-state index in [1.807, 2.05) is 71.8 Å². The number of aromatic nitrogens is 1. The van der Waals surface area contributed by atoms with Gasteiger partial charge in [0.15, 0.2) is 0 Å². The third-order valence-electron chi connectivity index (χ3n) is 6.12. The molecule has 0 unspecified atom stereocenters. The van der Waals surface area contributed by atoms with Gasteiger partial charge in [0, 0.05) is 47.5 Å². The van der Waals surface area contributed by atoms with Crippen LogP contribution in [0.4, 0.5) is 5.69 Å². The van der Waals surface area contributed by atoms with Crippen LogP contribution >= 0.6 is 11.6 Å². The molecule has 6 heteroatoms. The topological polar surface area (TPSA) is 57.3 Å². The van der Waals surface area contributed by atoms with E-state index < -0.39 is 0 Å². The van der Waals surface area contributed by atoms with E-state index in [1.54, 1.807) is 6.20 Å². The highest BCUT2D eigenvalue weighted by Crippen LogP contribution is 2.25. The van der Waals surface area contributed by atoms with Gasteiger partial charge in [-0.15, -0.1) is 0 Å². The molecule has 5 nitrogen and oxygen atoms in total. The molecule has 0 bridgehead atoms. The molecule has 1 fully saturated rings. The second kappa shape index (κ2) is 9.71. The third-order valence-corrected chi connectivity index (χ3v) is 6.36. The van der Waals surface area contributed by atoms with E-state index in [0.29, 0.717) is 17.5 Å². The molecule has 0 saturated carbocycles. The molecule has 0 aliphatic carbocycles. The Morgan fingerprint density at radius 3 is 2.55 bits per heavy atom. The Kier molecular flexibility index (Phi) is 6.35. The normalized spacial score (nSPS) is 14.0. The highest BCUT2D eigenvalue weighted by Gasteiger charge is 2.20. The van der Waals surface area contributed by atoms with E-state index in [-0.39, 0.29) is 12.3 Å². The quantitative estimate of drug-likeness (QED) is 0.435. The van der Waals surface area contributed by atoms with E-state index in [0.717, 1.165) is 40.7 Å². The van der Waals surface area contributed by atoms with Gasteiger partial charge in [-0.3, -0.25) is 20.6 Å². The summed E-state index contributed by atoms with van der Waals surface area (Å²) in [6.07, 6.45) is 3.90. The maximum Gasteiger partial charge on any atom is 0.231 e. The Morgan fingerprint density at radius 2 is 1.76 bits per heavy atom. The molecular formula is C27H25ClN4O. The lowest BCUT2D eigenvalue weighted by Crippen LogP contribution is -2.32. The number of benzene rings is 3. The molecule has 33 heavy (non-hydrogen) atoms. The van der Waals surface area contributed by atoms with Crippen LogP contribution in [0.2, 0.25) is 5.02 Å². The van der Waals surface area contributed by atoms with Gasteiger partial charge >= 0.3 is 0 Å². The monoisotopic (exact) mass is 456 g/mol. The maximum atomic E-state index is 13.6. The van der Waals surface area contributed by atoms with Gasteiger partial charge in [0.25, 0.3) is 0 Å². The predicted octanol–water partition coefficient (Wildman–Crippen LogP) is 4.86. The van der Waals surface area contributed by atoms with Gasteiger partial charge in [-0.05, 0) is 46.3 Å². The molecule has 1 amide bonds. The van der Waals surface area contributed by atoms with Gasteiger partial charge in [-0.2, -0.15) is 0 Å². The molecule has 1 saturated heterocycles. The van der Waals surface area contributed by atoms with Crippen LogP contribution in [0.15, 0.2) is 85.2 Å². The minimum Gasteiger partial charge on any atom is -0.308 e. The molecule has 2 N–H and O–H groups in total. The molecule has 1 aliphatic rings. The van der Waals surface area contributed by atoms with E-state index in [4.69, 9.17) is 11.6 Å². The number of nitrogens with zero attached hydrogens (tertiary/aromatic N) is 2. The number of nitrogens with one attached hydrogen (secondary N) is 2. The fourth-order valence-electron chi connectivity index (χ4n) is 4.34. The van der Waals surface area contributed by atoms with Gasteiger partial charge in [0.2, 0.25) is 5.91 Å². The van der Waals surface area contributed by atoms with Crippen LogP contribution in [-0.2, 0) is 17.8 Å². The molecule has 3 aromatic carbocycles. The Hall–Kier alpha value is -3.25. The molecule has 2 heterocycles.